The van der Waals surface area contributed by atoms with E-state index in [1.165, 1.54) is 12.1 Å². The lowest BCUT2D eigenvalue weighted by molar-refractivity contribution is 0.503. The highest BCUT2D eigenvalue weighted by molar-refractivity contribution is 7.89. The van der Waals surface area contributed by atoms with Crippen molar-refractivity contribution in [3.63, 3.8) is 0 Å². The highest BCUT2D eigenvalue weighted by Gasteiger charge is 2.25. The minimum atomic E-state index is -3.69. The van der Waals surface area contributed by atoms with Crippen LogP contribution in [0.5, 0.6) is 0 Å². The highest BCUT2D eigenvalue weighted by atomic mass is 35.5. The molecule has 0 saturated carbocycles. The molecule has 3 aromatic rings. The van der Waals surface area contributed by atoms with E-state index in [1.54, 1.807) is 12.1 Å². The topological polar surface area (TPSA) is 46.2 Å². The van der Waals surface area contributed by atoms with Gasteiger partial charge in [-0.1, -0.05) is 71.7 Å². The van der Waals surface area contributed by atoms with Crippen molar-refractivity contribution in [2.75, 3.05) is 0 Å². The van der Waals surface area contributed by atoms with Gasteiger partial charge in [-0.2, -0.15) is 0 Å². The summed E-state index contributed by atoms with van der Waals surface area (Å²) in [6.07, 6.45) is 0.681. The molecule has 0 aliphatic carbocycles. The second-order valence-electron chi connectivity index (χ2n) is 6.72. The molecule has 146 valence electrons. The number of hydrogen-bond donors (Lipinski definition) is 1. The van der Waals surface area contributed by atoms with Crippen LogP contribution in [0.15, 0.2) is 83.8 Å². The maximum atomic E-state index is 12.8. The van der Waals surface area contributed by atoms with Crippen LogP contribution < -0.4 is 4.72 Å². The van der Waals surface area contributed by atoms with Crippen LogP contribution >= 0.6 is 23.2 Å². The minimum absolute atomic E-state index is 0.0451. The molecule has 6 heteroatoms. The molecule has 0 saturated heterocycles. The summed E-state index contributed by atoms with van der Waals surface area (Å²) in [7, 11) is -3.69. The van der Waals surface area contributed by atoms with E-state index >= 15 is 0 Å². The van der Waals surface area contributed by atoms with E-state index in [9.17, 15) is 8.42 Å². The highest BCUT2D eigenvalue weighted by Crippen LogP contribution is 2.27. The number of benzene rings is 3. The Kier molecular flexibility index (Phi) is 6.78. The number of rotatable bonds is 7. The third-order valence-corrected chi connectivity index (χ3v) is 6.69. The quantitative estimate of drug-likeness (QED) is 0.520. The predicted octanol–water partition coefficient (Wildman–Crippen LogP) is 5.69. The molecule has 0 aliphatic heterocycles. The van der Waals surface area contributed by atoms with Gasteiger partial charge in [0, 0.05) is 22.0 Å². The summed E-state index contributed by atoms with van der Waals surface area (Å²) in [6, 6.07) is 23.5. The van der Waals surface area contributed by atoms with Gasteiger partial charge in [-0.15, -0.1) is 0 Å². The van der Waals surface area contributed by atoms with Crippen LogP contribution in [0.2, 0.25) is 10.0 Å². The molecule has 0 heterocycles. The molecule has 0 amide bonds. The molecule has 0 radical (unpaired) electrons. The average molecular weight is 434 g/mol. The van der Waals surface area contributed by atoms with Gasteiger partial charge in [0.25, 0.3) is 0 Å². The summed E-state index contributed by atoms with van der Waals surface area (Å²) in [5.74, 6) is -0.0451. The Bertz CT molecular complexity index is 1020. The Hall–Kier alpha value is -1.85. The van der Waals surface area contributed by atoms with Gasteiger partial charge in [-0.3, -0.25) is 0 Å². The fraction of sp³-hybridized carbons (Fsp3) is 0.182. The van der Waals surface area contributed by atoms with Crippen molar-refractivity contribution in [2.24, 2.45) is 0 Å². The van der Waals surface area contributed by atoms with Gasteiger partial charge in [0.1, 0.15) is 0 Å². The monoisotopic (exact) mass is 433 g/mol. The van der Waals surface area contributed by atoms with Crippen molar-refractivity contribution in [3.8, 4) is 0 Å². The van der Waals surface area contributed by atoms with Crippen molar-refractivity contribution in [1.29, 1.82) is 0 Å². The fourth-order valence-electron chi connectivity index (χ4n) is 3.19. The second kappa shape index (κ2) is 9.10. The third kappa shape index (κ3) is 5.36. The molecule has 0 fully saturated rings. The Balaban J connectivity index is 1.88. The van der Waals surface area contributed by atoms with Crippen molar-refractivity contribution in [2.45, 2.75) is 30.2 Å². The molecular formula is C22H21Cl2NO2S. The maximum absolute atomic E-state index is 12.8. The zero-order chi connectivity index (χ0) is 20.1. The van der Waals surface area contributed by atoms with Crippen LogP contribution in [0.25, 0.3) is 0 Å². The van der Waals surface area contributed by atoms with Gasteiger partial charge in [-0.05, 0) is 54.8 Å². The standard InChI is InChI=1S/C22H21Cl2NO2S/c1-16(25-28(26,27)21-9-5-8-20(24)15-21)22(18-6-3-2-4-7-18)14-17-10-12-19(23)13-11-17/h2-13,15-16,22,25H,14H2,1H3. The molecule has 0 bridgehead atoms. The van der Waals surface area contributed by atoms with Crippen molar-refractivity contribution >= 4 is 33.2 Å². The van der Waals surface area contributed by atoms with E-state index < -0.39 is 10.0 Å². The molecular weight excluding hydrogens is 413 g/mol. The van der Waals surface area contributed by atoms with Crippen molar-refractivity contribution in [1.82, 2.24) is 4.72 Å². The summed E-state index contributed by atoms with van der Waals surface area (Å²) in [4.78, 5) is 0.158. The molecule has 2 atom stereocenters. The largest absolute Gasteiger partial charge is 0.240 e. The van der Waals surface area contributed by atoms with E-state index in [1.807, 2.05) is 61.5 Å². The predicted molar refractivity (Wildman–Crippen MR) is 116 cm³/mol. The molecule has 3 rings (SSSR count). The van der Waals surface area contributed by atoms with E-state index in [-0.39, 0.29) is 16.9 Å². The molecule has 28 heavy (non-hydrogen) atoms. The van der Waals surface area contributed by atoms with Crippen LogP contribution in [0, 0.1) is 0 Å². The summed E-state index contributed by atoms with van der Waals surface area (Å²) in [5, 5.41) is 1.06. The van der Waals surface area contributed by atoms with Gasteiger partial charge < -0.3 is 0 Å². The first-order valence-corrected chi connectivity index (χ1v) is 11.2. The number of sulfonamides is 1. The third-order valence-electron chi connectivity index (χ3n) is 4.65. The second-order valence-corrected chi connectivity index (χ2v) is 9.30. The van der Waals surface area contributed by atoms with Crippen LogP contribution in [-0.4, -0.2) is 14.5 Å². The zero-order valence-electron chi connectivity index (χ0n) is 15.3. The average Bonchev–Trinajstić information content (AvgIpc) is 2.68. The lowest BCUT2D eigenvalue weighted by Crippen LogP contribution is -2.37. The Morgan fingerprint density at radius 3 is 2.18 bits per heavy atom. The number of halogens is 2. The van der Waals surface area contributed by atoms with Gasteiger partial charge in [-0.25, -0.2) is 13.1 Å². The number of hydrogen-bond acceptors (Lipinski definition) is 2. The van der Waals surface area contributed by atoms with Gasteiger partial charge in [0.15, 0.2) is 0 Å². The fourth-order valence-corrected chi connectivity index (χ4v) is 4.90. The summed E-state index contributed by atoms with van der Waals surface area (Å²) >= 11 is 12.0. The van der Waals surface area contributed by atoms with Gasteiger partial charge in [0.2, 0.25) is 10.0 Å². The van der Waals surface area contributed by atoms with E-state index in [0.717, 1.165) is 11.1 Å². The molecule has 2 unspecified atom stereocenters. The maximum Gasteiger partial charge on any atom is 0.240 e. The Labute approximate surface area is 176 Å². The van der Waals surface area contributed by atoms with E-state index in [4.69, 9.17) is 23.2 Å². The lowest BCUT2D eigenvalue weighted by Gasteiger charge is -2.26. The zero-order valence-corrected chi connectivity index (χ0v) is 17.7. The molecule has 0 aromatic heterocycles. The van der Waals surface area contributed by atoms with Gasteiger partial charge in [0.05, 0.1) is 4.90 Å². The molecule has 1 N–H and O–H groups in total. The summed E-state index contributed by atoms with van der Waals surface area (Å²) in [6.45, 7) is 1.88. The molecule has 3 aromatic carbocycles. The van der Waals surface area contributed by atoms with Crippen LogP contribution in [0.3, 0.4) is 0 Å². The van der Waals surface area contributed by atoms with Crippen LogP contribution in [-0.2, 0) is 16.4 Å². The SMILES string of the molecule is CC(NS(=O)(=O)c1cccc(Cl)c1)C(Cc1ccc(Cl)cc1)c1ccccc1. The Morgan fingerprint density at radius 1 is 0.857 bits per heavy atom. The summed E-state index contributed by atoms with van der Waals surface area (Å²) in [5.41, 5.74) is 2.16. The van der Waals surface area contributed by atoms with Crippen molar-refractivity contribution in [3.05, 3.63) is 100 Å². The van der Waals surface area contributed by atoms with Crippen LogP contribution in [0.4, 0.5) is 0 Å². The van der Waals surface area contributed by atoms with E-state index in [2.05, 4.69) is 4.72 Å². The first kappa shape index (κ1) is 20.9. The Morgan fingerprint density at radius 2 is 1.54 bits per heavy atom. The number of nitrogens with one attached hydrogen (secondary N) is 1. The normalized spacial score (nSPS) is 13.8. The first-order valence-electron chi connectivity index (χ1n) is 8.92. The van der Waals surface area contributed by atoms with E-state index in [0.29, 0.717) is 16.5 Å². The summed E-state index contributed by atoms with van der Waals surface area (Å²) < 4.78 is 28.5. The molecule has 0 spiro atoms. The van der Waals surface area contributed by atoms with Crippen molar-refractivity contribution < 1.29 is 8.42 Å². The minimum Gasteiger partial charge on any atom is -0.208 e. The molecule has 3 nitrogen and oxygen atoms in total. The smallest absolute Gasteiger partial charge is 0.208 e. The van der Waals surface area contributed by atoms with Gasteiger partial charge >= 0.3 is 0 Å². The first-order chi connectivity index (χ1) is 13.3. The lowest BCUT2D eigenvalue weighted by atomic mass is 9.87. The van der Waals surface area contributed by atoms with Crippen LogP contribution in [0.1, 0.15) is 24.0 Å². The molecule has 0 aliphatic rings.